The Kier molecular flexibility index (Phi) is 6.50. The van der Waals surface area contributed by atoms with Crippen LogP contribution in [0.3, 0.4) is 0 Å². The molecule has 3 rings (SSSR count). The molecule has 27 heavy (non-hydrogen) atoms. The Bertz CT molecular complexity index is 775. The van der Waals surface area contributed by atoms with E-state index in [0.29, 0.717) is 18.6 Å². The first-order chi connectivity index (χ1) is 12.9. The topological polar surface area (TPSA) is 53.1 Å². The second kappa shape index (κ2) is 8.85. The van der Waals surface area contributed by atoms with Gasteiger partial charge in [0.2, 0.25) is 0 Å². The summed E-state index contributed by atoms with van der Waals surface area (Å²) < 4.78 is 13.2. The maximum absolute atomic E-state index is 13.2. The van der Waals surface area contributed by atoms with Crippen molar-refractivity contribution in [3.8, 4) is 0 Å². The number of rotatable bonds is 6. The fraction of sp³-hybridized carbons (Fsp3) is 0.500. The molecule has 1 aromatic carbocycles. The summed E-state index contributed by atoms with van der Waals surface area (Å²) in [6, 6.07) is 7.78. The van der Waals surface area contributed by atoms with Gasteiger partial charge in [0.05, 0.1) is 5.02 Å². The summed E-state index contributed by atoms with van der Waals surface area (Å²) in [5.41, 5.74) is 1.01. The molecule has 2 aromatic rings. The third-order valence-electron chi connectivity index (χ3n) is 4.94. The SMILES string of the molecule is Cc1nc(NC2CCC(NCc3ccc(F)c(Cl)c3)CC2)cc(N(C)C)n1. The third kappa shape index (κ3) is 5.53. The van der Waals surface area contributed by atoms with Crippen molar-refractivity contribution < 1.29 is 4.39 Å². The highest BCUT2D eigenvalue weighted by Gasteiger charge is 2.21. The number of nitrogens with one attached hydrogen (secondary N) is 2. The predicted octanol–water partition coefficient (Wildman–Crippen LogP) is 4.16. The first kappa shape index (κ1) is 19.8. The Morgan fingerprint density at radius 3 is 2.48 bits per heavy atom. The molecule has 0 spiro atoms. The lowest BCUT2D eigenvalue weighted by Gasteiger charge is -2.30. The molecule has 0 saturated heterocycles. The largest absolute Gasteiger partial charge is 0.367 e. The highest BCUT2D eigenvalue weighted by Crippen LogP contribution is 2.24. The minimum Gasteiger partial charge on any atom is -0.367 e. The van der Waals surface area contributed by atoms with Gasteiger partial charge in [-0.05, 0) is 50.3 Å². The van der Waals surface area contributed by atoms with Crippen molar-refractivity contribution in [2.45, 2.75) is 51.2 Å². The van der Waals surface area contributed by atoms with Crippen molar-refractivity contribution in [3.05, 3.63) is 46.5 Å². The highest BCUT2D eigenvalue weighted by atomic mass is 35.5. The maximum Gasteiger partial charge on any atom is 0.141 e. The van der Waals surface area contributed by atoms with Gasteiger partial charge in [0.25, 0.3) is 0 Å². The molecule has 0 radical (unpaired) electrons. The highest BCUT2D eigenvalue weighted by molar-refractivity contribution is 6.30. The van der Waals surface area contributed by atoms with Crippen molar-refractivity contribution >= 4 is 23.2 Å². The normalized spacial score (nSPS) is 19.7. The van der Waals surface area contributed by atoms with Crippen LogP contribution >= 0.6 is 11.6 Å². The van der Waals surface area contributed by atoms with Crippen molar-refractivity contribution in [3.63, 3.8) is 0 Å². The van der Waals surface area contributed by atoms with Crippen LogP contribution in [0.5, 0.6) is 0 Å². The second-order valence-electron chi connectivity index (χ2n) is 7.38. The lowest BCUT2D eigenvalue weighted by molar-refractivity contribution is 0.352. The summed E-state index contributed by atoms with van der Waals surface area (Å²) in [7, 11) is 3.97. The summed E-state index contributed by atoms with van der Waals surface area (Å²) in [4.78, 5) is 10.9. The standard InChI is InChI=1S/C20H27ClFN5/c1-13-24-19(11-20(25-13)27(2)3)26-16-7-5-15(6-8-16)23-12-14-4-9-18(22)17(21)10-14/h4,9-11,15-16,23H,5-8,12H2,1-3H3,(H,24,25,26). The van der Waals surface area contributed by atoms with Gasteiger partial charge >= 0.3 is 0 Å². The van der Waals surface area contributed by atoms with Crippen molar-refractivity contribution in [2.24, 2.45) is 0 Å². The molecule has 0 atom stereocenters. The molecule has 1 aliphatic rings. The number of benzene rings is 1. The molecule has 0 amide bonds. The summed E-state index contributed by atoms with van der Waals surface area (Å²) in [6.45, 7) is 2.63. The number of nitrogens with zero attached hydrogens (tertiary/aromatic N) is 3. The zero-order chi connectivity index (χ0) is 19.4. The Balaban J connectivity index is 1.48. The number of anilines is 2. The van der Waals surface area contributed by atoms with Crippen LogP contribution in [0.1, 0.15) is 37.1 Å². The lowest BCUT2D eigenvalue weighted by Crippen LogP contribution is -2.36. The van der Waals surface area contributed by atoms with Gasteiger partial charge in [-0.15, -0.1) is 0 Å². The Morgan fingerprint density at radius 2 is 1.81 bits per heavy atom. The summed E-state index contributed by atoms with van der Waals surface area (Å²) in [5, 5.41) is 7.30. The summed E-state index contributed by atoms with van der Waals surface area (Å²) >= 11 is 5.85. The molecular formula is C20H27ClFN5. The third-order valence-corrected chi connectivity index (χ3v) is 5.23. The number of hydrogen-bond acceptors (Lipinski definition) is 5. The summed E-state index contributed by atoms with van der Waals surface area (Å²) in [5.74, 6) is 2.21. The van der Waals surface area contributed by atoms with Crippen LogP contribution < -0.4 is 15.5 Å². The number of halogens is 2. The Morgan fingerprint density at radius 1 is 1.11 bits per heavy atom. The Labute approximate surface area is 165 Å². The summed E-state index contributed by atoms with van der Waals surface area (Å²) in [6.07, 6.45) is 4.36. The van der Waals surface area contributed by atoms with E-state index in [2.05, 4.69) is 20.6 Å². The van der Waals surface area contributed by atoms with Crippen LogP contribution in [-0.4, -0.2) is 36.1 Å². The molecule has 1 heterocycles. The van der Waals surface area contributed by atoms with E-state index in [1.807, 2.05) is 32.0 Å². The van der Waals surface area contributed by atoms with Gasteiger partial charge in [-0.25, -0.2) is 14.4 Å². The van der Waals surface area contributed by atoms with E-state index >= 15 is 0 Å². The molecule has 0 aliphatic heterocycles. The van der Waals surface area contributed by atoms with Crippen molar-refractivity contribution in [1.29, 1.82) is 0 Å². The molecule has 2 N–H and O–H groups in total. The smallest absolute Gasteiger partial charge is 0.141 e. The van der Waals surface area contributed by atoms with Gasteiger partial charge in [-0.3, -0.25) is 0 Å². The second-order valence-corrected chi connectivity index (χ2v) is 7.78. The molecule has 1 aromatic heterocycles. The van der Waals surface area contributed by atoms with E-state index in [1.165, 1.54) is 6.07 Å². The molecular weight excluding hydrogens is 365 g/mol. The zero-order valence-electron chi connectivity index (χ0n) is 16.1. The van der Waals surface area contributed by atoms with E-state index in [-0.39, 0.29) is 10.8 Å². The Hall–Kier alpha value is -1.92. The van der Waals surface area contributed by atoms with Crippen LogP contribution in [-0.2, 0) is 6.54 Å². The number of aryl methyl sites for hydroxylation is 1. The van der Waals surface area contributed by atoms with Gasteiger partial charge in [-0.2, -0.15) is 0 Å². The zero-order valence-corrected chi connectivity index (χ0v) is 16.9. The van der Waals surface area contributed by atoms with Crippen LogP contribution in [0.2, 0.25) is 5.02 Å². The number of aromatic nitrogens is 2. The molecule has 0 unspecified atom stereocenters. The predicted molar refractivity (Wildman–Crippen MR) is 109 cm³/mol. The van der Waals surface area contributed by atoms with E-state index in [1.54, 1.807) is 12.1 Å². The fourth-order valence-corrected chi connectivity index (χ4v) is 3.62. The minimum absolute atomic E-state index is 0.180. The molecule has 1 aliphatic carbocycles. The first-order valence-corrected chi connectivity index (χ1v) is 9.75. The molecule has 1 saturated carbocycles. The van der Waals surface area contributed by atoms with Crippen LogP contribution in [0, 0.1) is 12.7 Å². The maximum atomic E-state index is 13.2. The van der Waals surface area contributed by atoms with E-state index in [4.69, 9.17) is 11.6 Å². The minimum atomic E-state index is -0.371. The average molecular weight is 392 g/mol. The molecule has 146 valence electrons. The van der Waals surface area contributed by atoms with E-state index < -0.39 is 0 Å². The van der Waals surface area contributed by atoms with Crippen LogP contribution in [0.15, 0.2) is 24.3 Å². The molecule has 0 bridgehead atoms. The fourth-order valence-electron chi connectivity index (χ4n) is 3.42. The van der Waals surface area contributed by atoms with Gasteiger partial charge < -0.3 is 15.5 Å². The van der Waals surface area contributed by atoms with E-state index in [9.17, 15) is 4.39 Å². The van der Waals surface area contributed by atoms with Gasteiger partial charge in [0.1, 0.15) is 23.3 Å². The average Bonchev–Trinajstić information content (AvgIpc) is 2.63. The van der Waals surface area contributed by atoms with Gasteiger partial charge in [-0.1, -0.05) is 17.7 Å². The van der Waals surface area contributed by atoms with Crippen molar-refractivity contribution in [1.82, 2.24) is 15.3 Å². The van der Waals surface area contributed by atoms with Crippen LogP contribution in [0.4, 0.5) is 16.0 Å². The monoisotopic (exact) mass is 391 g/mol. The molecule has 1 fully saturated rings. The number of hydrogen-bond donors (Lipinski definition) is 2. The quantitative estimate of drug-likeness (QED) is 0.774. The van der Waals surface area contributed by atoms with Gasteiger partial charge in [0, 0.05) is 38.8 Å². The molecule has 7 heteroatoms. The van der Waals surface area contributed by atoms with E-state index in [0.717, 1.165) is 48.7 Å². The lowest BCUT2D eigenvalue weighted by atomic mass is 9.91. The molecule has 5 nitrogen and oxygen atoms in total. The van der Waals surface area contributed by atoms with Crippen molar-refractivity contribution in [2.75, 3.05) is 24.3 Å². The van der Waals surface area contributed by atoms with Gasteiger partial charge in [0.15, 0.2) is 0 Å². The van der Waals surface area contributed by atoms with Crippen LogP contribution in [0.25, 0.3) is 0 Å². The first-order valence-electron chi connectivity index (χ1n) is 9.37.